The maximum absolute atomic E-state index is 8.90. The summed E-state index contributed by atoms with van der Waals surface area (Å²) in [6, 6.07) is 15.3. The van der Waals surface area contributed by atoms with Crippen LogP contribution in [0.15, 0.2) is 47.5 Å². The zero-order chi connectivity index (χ0) is 12.5. The number of nitriles is 1. The molecule has 4 heteroatoms. The van der Waals surface area contributed by atoms with Crippen molar-refractivity contribution in [2.45, 2.75) is 12.3 Å². The molecular formula is C14H11N3O. The third-order valence-electron chi connectivity index (χ3n) is 2.97. The molecule has 2 atom stereocenters. The number of hydrogen-bond donors (Lipinski definition) is 1. The smallest absolute Gasteiger partial charge is 0.219 e. The third-order valence-corrected chi connectivity index (χ3v) is 2.97. The van der Waals surface area contributed by atoms with Gasteiger partial charge in [0.25, 0.3) is 0 Å². The molecule has 18 heavy (non-hydrogen) atoms. The van der Waals surface area contributed by atoms with Crippen molar-refractivity contribution in [3.8, 4) is 6.07 Å². The summed E-state index contributed by atoms with van der Waals surface area (Å²) in [5.41, 5.74) is 6.58. The van der Waals surface area contributed by atoms with Crippen molar-refractivity contribution in [2.24, 2.45) is 10.7 Å². The van der Waals surface area contributed by atoms with Gasteiger partial charge in [0, 0.05) is 5.56 Å². The average molecular weight is 237 g/mol. The van der Waals surface area contributed by atoms with Gasteiger partial charge in [-0.05, 0) is 16.8 Å². The molecule has 3 rings (SSSR count). The molecule has 88 valence electrons. The van der Waals surface area contributed by atoms with Crippen molar-refractivity contribution < 1.29 is 4.74 Å². The Bertz CT molecular complexity index is 667. The average Bonchev–Trinajstić information content (AvgIpc) is 2.79. The SMILES string of the molecule is N#CC1N=C(c2cccc3ccccc23)OC1N. The summed E-state index contributed by atoms with van der Waals surface area (Å²) in [5.74, 6) is 0.450. The van der Waals surface area contributed by atoms with Crippen LogP contribution in [0.2, 0.25) is 0 Å². The third kappa shape index (κ3) is 1.62. The second kappa shape index (κ2) is 4.13. The second-order valence-corrected chi connectivity index (χ2v) is 4.12. The molecule has 0 bridgehead atoms. The molecule has 1 aliphatic rings. The van der Waals surface area contributed by atoms with Crippen molar-refractivity contribution >= 4 is 16.7 Å². The highest BCUT2D eigenvalue weighted by Crippen LogP contribution is 2.23. The van der Waals surface area contributed by atoms with Crippen LogP contribution in [-0.2, 0) is 4.74 Å². The fourth-order valence-electron chi connectivity index (χ4n) is 2.07. The lowest BCUT2D eigenvalue weighted by Crippen LogP contribution is -2.30. The van der Waals surface area contributed by atoms with Crippen LogP contribution in [0.5, 0.6) is 0 Å². The van der Waals surface area contributed by atoms with Gasteiger partial charge in [-0.25, -0.2) is 4.99 Å². The van der Waals surface area contributed by atoms with Crippen LogP contribution in [-0.4, -0.2) is 18.2 Å². The van der Waals surface area contributed by atoms with Crippen LogP contribution in [0.1, 0.15) is 5.56 Å². The highest BCUT2D eigenvalue weighted by atomic mass is 16.5. The first-order valence-electron chi connectivity index (χ1n) is 5.67. The van der Waals surface area contributed by atoms with E-state index in [9.17, 15) is 0 Å². The summed E-state index contributed by atoms with van der Waals surface area (Å²) in [6.45, 7) is 0. The number of fused-ring (bicyclic) bond motifs is 1. The van der Waals surface area contributed by atoms with Crippen LogP contribution < -0.4 is 5.73 Å². The molecular weight excluding hydrogens is 226 g/mol. The molecule has 4 nitrogen and oxygen atoms in total. The lowest BCUT2D eigenvalue weighted by Gasteiger charge is -2.08. The van der Waals surface area contributed by atoms with Crippen LogP contribution in [0.25, 0.3) is 10.8 Å². The van der Waals surface area contributed by atoms with Crippen molar-refractivity contribution in [1.82, 2.24) is 0 Å². The molecule has 2 aromatic carbocycles. The summed E-state index contributed by atoms with van der Waals surface area (Å²) in [4.78, 5) is 4.22. The first-order chi connectivity index (χ1) is 8.79. The first kappa shape index (κ1) is 10.8. The van der Waals surface area contributed by atoms with Crippen LogP contribution in [0, 0.1) is 11.3 Å². The molecule has 2 unspecified atom stereocenters. The van der Waals surface area contributed by atoms with E-state index >= 15 is 0 Å². The number of rotatable bonds is 1. The monoisotopic (exact) mass is 237 g/mol. The van der Waals surface area contributed by atoms with Gasteiger partial charge in [-0.1, -0.05) is 36.4 Å². The van der Waals surface area contributed by atoms with Gasteiger partial charge < -0.3 is 4.74 Å². The maximum Gasteiger partial charge on any atom is 0.219 e. The number of aliphatic imine (C=N–C) groups is 1. The summed E-state index contributed by atoms with van der Waals surface area (Å²) in [7, 11) is 0. The number of benzene rings is 2. The minimum absolute atomic E-state index is 0.450. The molecule has 0 fully saturated rings. The Balaban J connectivity index is 2.14. The Labute approximate surface area is 104 Å². The molecule has 1 aliphatic heterocycles. The van der Waals surface area contributed by atoms with Gasteiger partial charge in [0.2, 0.25) is 5.90 Å². The summed E-state index contributed by atoms with van der Waals surface area (Å²) in [5, 5.41) is 11.0. The number of nitrogens with two attached hydrogens (primary N) is 1. The molecule has 0 amide bonds. The Morgan fingerprint density at radius 1 is 1.17 bits per heavy atom. The van der Waals surface area contributed by atoms with E-state index in [4.69, 9.17) is 15.7 Å². The quantitative estimate of drug-likeness (QED) is 0.821. The van der Waals surface area contributed by atoms with E-state index in [0.29, 0.717) is 5.90 Å². The van der Waals surface area contributed by atoms with Crippen LogP contribution >= 0.6 is 0 Å². The van der Waals surface area contributed by atoms with Crippen LogP contribution in [0.3, 0.4) is 0 Å². The fourth-order valence-corrected chi connectivity index (χ4v) is 2.07. The lowest BCUT2D eigenvalue weighted by molar-refractivity contribution is 0.217. The van der Waals surface area contributed by atoms with E-state index in [-0.39, 0.29) is 0 Å². The zero-order valence-electron chi connectivity index (χ0n) is 9.58. The summed E-state index contributed by atoms with van der Waals surface area (Å²) < 4.78 is 5.46. The van der Waals surface area contributed by atoms with Crippen LogP contribution in [0.4, 0.5) is 0 Å². The van der Waals surface area contributed by atoms with E-state index in [2.05, 4.69) is 4.99 Å². The zero-order valence-corrected chi connectivity index (χ0v) is 9.58. The van der Waals surface area contributed by atoms with E-state index in [1.807, 2.05) is 48.5 Å². The molecule has 0 saturated carbocycles. The van der Waals surface area contributed by atoms with Gasteiger partial charge in [-0.3, -0.25) is 5.73 Å². The lowest BCUT2D eigenvalue weighted by atomic mass is 10.0. The molecule has 0 radical (unpaired) electrons. The van der Waals surface area contributed by atoms with E-state index in [1.165, 1.54) is 0 Å². The Morgan fingerprint density at radius 2 is 1.94 bits per heavy atom. The van der Waals surface area contributed by atoms with Crippen molar-refractivity contribution in [1.29, 1.82) is 5.26 Å². The van der Waals surface area contributed by atoms with Gasteiger partial charge in [-0.2, -0.15) is 5.26 Å². The minimum Gasteiger partial charge on any atom is -0.455 e. The molecule has 2 aromatic rings. The van der Waals surface area contributed by atoms with Gasteiger partial charge in [-0.15, -0.1) is 0 Å². The number of ether oxygens (including phenoxy) is 1. The Hall–Kier alpha value is -2.38. The van der Waals surface area contributed by atoms with Gasteiger partial charge in [0.15, 0.2) is 12.3 Å². The molecule has 1 heterocycles. The standard InChI is InChI=1S/C14H11N3O/c15-8-12-13(16)18-14(17-12)11-7-3-5-9-4-1-2-6-10(9)11/h1-7,12-13H,16H2. The van der Waals surface area contributed by atoms with Crippen molar-refractivity contribution in [2.75, 3.05) is 0 Å². The Morgan fingerprint density at radius 3 is 2.72 bits per heavy atom. The topological polar surface area (TPSA) is 71.4 Å². The Kier molecular flexibility index (Phi) is 2.47. The molecule has 2 N–H and O–H groups in total. The molecule has 0 aliphatic carbocycles. The number of hydrogen-bond acceptors (Lipinski definition) is 4. The second-order valence-electron chi connectivity index (χ2n) is 4.12. The van der Waals surface area contributed by atoms with Gasteiger partial charge in [0.1, 0.15) is 0 Å². The maximum atomic E-state index is 8.90. The highest BCUT2D eigenvalue weighted by Gasteiger charge is 2.28. The van der Waals surface area contributed by atoms with Gasteiger partial charge in [0.05, 0.1) is 6.07 Å². The van der Waals surface area contributed by atoms with E-state index < -0.39 is 12.3 Å². The summed E-state index contributed by atoms with van der Waals surface area (Å²) in [6.07, 6.45) is -0.677. The molecule has 0 aromatic heterocycles. The van der Waals surface area contributed by atoms with Gasteiger partial charge >= 0.3 is 0 Å². The molecule has 0 saturated heterocycles. The fraction of sp³-hybridized carbons (Fsp3) is 0.143. The highest BCUT2D eigenvalue weighted by molar-refractivity contribution is 6.07. The number of nitrogens with zero attached hydrogens (tertiary/aromatic N) is 2. The predicted octanol–water partition coefficient (Wildman–Crippen LogP) is 1.79. The van der Waals surface area contributed by atoms with Crippen molar-refractivity contribution in [3.05, 3.63) is 48.0 Å². The normalized spacial score (nSPS) is 22.3. The summed E-state index contributed by atoms with van der Waals surface area (Å²) >= 11 is 0. The first-order valence-corrected chi connectivity index (χ1v) is 5.67. The predicted molar refractivity (Wildman–Crippen MR) is 68.9 cm³/mol. The molecule has 0 spiro atoms. The largest absolute Gasteiger partial charge is 0.455 e. The van der Waals surface area contributed by atoms with E-state index in [0.717, 1.165) is 16.3 Å². The van der Waals surface area contributed by atoms with E-state index in [1.54, 1.807) is 0 Å². The minimum atomic E-state index is -0.677. The van der Waals surface area contributed by atoms with Crippen molar-refractivity contribution in [3.63, 3.8) is 0 Å².